The van der Waals surface area contributed by atoms with Crippen LogP contribution in [-0.2, 0) is 32.3 Å². The summed E-state index contributed by atoms with van der Waals surface area (Å²) >= 11 is 9.83. The molecule has 0 bridgehead atoms. The second-order valence-corrected chi connectivity index (χ2v) is 9.19. The van der Waals surface area contributed by atoms with E-state index in [9.17, 15) is 9.59 Å². The summed E-state index contributed by atoms with van der Waals surface area (Å²) < 4.78 is 14.1. The average Bonchev–Trinajstić information content (AvgIpc) is 2.93. The molecule has 1 radical (unpaired) electrons. The standard InChI is InChI=1S/C8H8BrNO2S.C8H9NO2S.BHNS/c1-4-7(9)5-2-12-3-6(11)10-8(5)13-4;1-5-2-6-3-11-4-7(10)9-8(6)12-5;1-2-3/h2-3H2,1H3,(H,10,11);2H,3-4H2,1H3,(H,9,10);3H. The van der Waals surface area contributed by atoms with Gasteiger partial charge in [-0.15, -0.1) is 22.7 Å². The minimum atomic E-state index is -0.0764. The first-order chi connectivity index (χ1) is 13.3. The number of amides is 2. The molecule has 2 aliphatic heterocycles. The summed E-state index contributed by atoms with van der Waals surface area (Å²) in [6, 6.07) is 2.05. The van der Waals surface area contributed by atoms with Crippen molar-refractivity contribution in [3.05, 3.63) is 31.4 Å². The topological polar surface area (TPSA) is 89.0 Å². The zero-order valence-corrected chi connectivity index (χ0v) is 19.3. The molecule has 0 saturated carbocycles. The van der Waals surface area contributed by atoms with Crippen molar-refractivity contribution in [1.29, 1.82) is 0 Å². The second-order valence-electron chi connectivity index (χ2n) is 5.69. The van der Waals surface area contributed by atoms with Gasteiger partial charge in [-0.1, -0.05) is 0 Å². The van der Waals surface area contributed by atoms with E-state index in [4.69, 9.17) is 9.47 Å². The Morgan fingerprint density at radius 2 is 1.64 bits per heavy atom. The maximum atomic E-state index is 11.1. The van der Waals surface area contributed by atoms with Crippen molar-refractivity contribution in [2.75, 3.05) is 23.8 Å². The molecule has 2 aromatic heterocycles. The van der Waals surface area contributed by atoms with Crippen molar-refractivity contribution in [1.82, 2.24) is 0 Å². The SMILES string of the molecule is Cc1cc2c(s1)NC(=O)COC2.Cc1sc2c(c1Br)COCC(=O)N2.[B]=NS. The van der Waals surface area contributed by atoms with E-state index in [2.05, 4.69) is 51.3 Å². The third-order valence-corrected chi connectivity index (χ3v) is 6.92. The van der Waals surface area contributed by atoms with Crippen molar-refractivity contribution < 1.29 is 19.1 Å². The van der Waals surface area contributed by atoms with Crippen LogP contribution in [0.25, 0.3) is 0 Å². The van der Waals surface area contributed by atoms with Crippen LogP contribution in [0.5, 0.6) is 0 Å². The molecule has 0 spiro atoms. The van der Waals surface area contributed by atoms with Crippen LogP contribution >= 0.6 is 51.4 Å². The van der Waals surface area contributed by atoms with Gasteiger partial charge in [-0.05, 0) is 35.8 Å². The summed E-state index contributed by atoms with van der Waals surface area (Å²) in [6.45, 7) is 5.38. The second kappa shape index (κ2) is 11.2. The number of rotatable bonds is 0. The Balaban J connectivity index is 0.000000176. The first-order valence-corrected chi connectivity index (χ1v) is 10.8. The molecular weight excluding hydrogens is 485 g/mol. The minimum absolute atomic E-state index is 0.0596. The van der Waals surface area contributed by atoms with Crippen LogP contribution in [0, 0.1) is 13.8 Å². The summed E-state index contributed by atoms with van der Waals surface area (Å²) in [7, 11) is 4.34. The summed E-state index contributed by atoms with van der Waals surface area (Å²) in [6.07, 6.45) is 0. The third-order valence-electron chi connectivity index (χ3n) is 3.51. The molecule has 12 heteroatoms. The van der Waals surface area contributed by atoms with Gasteiger partial charge in [-0.3, -0.25) is 9.59 Å². The van der Waals surface area contributed by atoms with Crippen molar-refractivity contribution in [2.24, 2.45) is 4.30 Å². The Labute approximate surface area is 186 Å². The van der Waals surface area contributed by atoms with Gasteiger partial charge in [0, 0.05) is 25.4 Å². The maximum absolute atomic E-state index is 11.1. The Kier molecular flexibility index (Phi) is 9.31. The number of aryl methyl sites for hydroxylation is 2. The van der Waals surface area contributed by atoms with E-state index in [0.29, 0.717) is 13.2 Å². The quantitative estimate of drug-likeness (QED) is 0.375. The van der Waals surface area contributed by atoms with Gasteiger partial charge >= 0.3 is 24.8 Å². The van der Waals surface area contributed by atoms with Gasteiger partial charge in [-0.2, -0.15) is 0 Å². The van der Waals surface area contributed by atoms with E-state index in [1.165, 1.54) is 4.88 Å². The number of hydrogen-bond donors (Lipinski definition) is 3. The van der Waals surface area contributed by atoms with Gasteiger partial charge in [0.2, 0.25) is 0 Å². The number of nitrogens with zero attached hydrogens (tertiary/aromatic N) is 1. The predicted octanol–water partition coefficient (Wildman–Crippen LogP) is 4.00. The van der Waals surface area contributed by atoms with Gasteiger partial charge in [0.05, 0.1) is 13.2 Å². The molecule has 0 atom stereocenters. The number of anilines is 2. The van der Waals surface area contributed by atoms with E-state index in [1.807, 2.05) is 19.9 Å². The van der Waals surface area contributed by atoms with Crippen LogP contribution in [-0.4, -0.2) is 32.7 Å². The summed E-state index contributed by atoms with van der Waals surface area (Å²) in [5.41, 5.74) is 2.14. The number of carbonyl (C=O) groups is 2. The molecular formula is C16H18BBrN3O4S3. The number of carbonyl (C=O) groups excluding carboxylic acids is 2. The zero-order valence-electron chi connectivity index (χ0n) is 15.2. The monoisotopic (exact) mass is 502 g/mol. The third kappa shape index (κ3) is 6.50. The Hall–Kier alpha value is -1.05. The van der Waals surface area contributed by atoms with Gasteiger partial charge in [0.25, 0.3) is 11.8 Å². The molecule has 4 heterocycles. The Morgan fingerprint density at radius 1 is 1.07 bits per heavy atom. The predicted molar refractivity (Wildman–Crippen MR) is 120 cm³/mol. The number of hydrogen-bond acceptors (Lipinski definition) is 8. The number of nitrogens with one attached hydrogen (secondary N) is 2. The molecule has 0 aliphatic carbocycles. The number of halogens is 1. The zero-order chi connectivity index (χ0) is 20.7. The molecule has 0 fully saturated rings. The number of fused-ring (bicyclic) bond motifs is 2. The van der Waals surface area contributed by atoms with Crippen molar-refractivity contribution in [3.8, 4) is 0 Å². The summed E-state index contributed by atoms with van der Waals surface area (Å²) in [5, 5.41) is 7.46. The molecule has 4 rings (SSSR count). The van der Waals surface area contributed by atoms with Crippen LogP contribution in [0.15, 0.2) is 14.8 Å². The fourth-order valence-corrected chi connectivity index (χ4v) is 5.00. The van der Waals surface area contributed by atoms with Crippen LogP contribution in [0.3, 0.4) is 0 Å². The molecule has 28 heavy (non-hydrogen) atoms. The Bertz CT molecular complexity index is 872. The molecule has 149 valence electrons. The van der Waals surface area contributed by atoms with Crippen LogP contribution in [0.4, 0.5) is 10.0 Å². The summed E-state index contributed by atoms with van der Waals surface area (Å²) in [5.74, 6) is -0.136. The van der Waals surface area contributed by atoms with Gasteiger partial charge in [0.1, 0.15) is 23.2 Å². The van der Waals surface area contributed by atoms with E-state index in [0.717, 1.165) is 30.5 Å². The molecule has 0 unspecified atom stereocenters. The molecule has 2 amide bonds. The number of thiophene rings is 2. The van der Waals surface area contributed by atoms with Crippen LogP contribution < -0.4 is 10.6 Å². The van der Waals surface area contributed by atoms with E-state index >= 15 is 0 Å². The van der Waals surface area contributed by atoms with E-state index in [1.54, 1.807) is 22.7 Å². The van der Waals surface area contributed by atoms with Crippen molar-refractivity contribution >= 4 is 80.9 Å². The fraction of sp³-hybridized carbons (Fsp3) is 0.375. The first kappa shape index (κ1) is 23.2. The summed E-state index contributed by atoms with van der Waals surface area (Å²) in [4.78, 5) is 24.5. The van der Waals surface area contributed by atoms with E-state index < -0.39 is 0 Å². The molecule has 2 aliphatic rings. The molecule has 2 N–H and O–H groups in total. The van der Waals surface area contributed by atoms with E-state index in [-0.39, 0.29) is 25.0 Å². The van der Waals surface area contributed by atoms with Crippen molar-refractivity contribution in [3.63, 3.8) is 0 Å². The first-order valence-electron chi connectivity index (χ1n) is 8.02. The molecule has 0 aromatic carbocycles. The van der Waals surface area contributed by atoms with Crippen LogP contribution in [0.1, 0.15) is 20.9 Å². The van der Waals surface area contributed by atoms with Gasteiger partial charge in [0.15, 0.2) is 0 Å². The van der Waals surface area contributed by atoms with Gasteiger partial charge < -0.3 is 20.1 Å². The molecule has 0 saturated heterocycles. The number of ether oxygens (including phenoxy) is 2. The molecule has 2 aromatic rings. The van der Waals surface area contributed by atoms with Crippen molar-refractivity contribution in [2.45, 2.75) is 27.1 Å². The Morgan fingerprint density at radius 3 is 2.29 bits per heavy atom. The van der Waals surface area contributed by atoms with Crippen LogP contribution in [0.2, 0.25) is 0 Å². The molecule has 7 nitrogen and oxygen atoms in total. The normalized spacial score (nSPS) is 15.1. The number of thiol groups is 1. The van der Waals surface area contributed by atoms with Gasteiger partial charge in [-0.25, -0.2) is 0 Å². The fourth-order valence-electron chi connectivity index (χ4n) is 2.41. The average molecular weight is 503 g/mol.